The number of ether oxygens (including phenoxy) is 1. The van der Waals surface area contributed by atoms with Crippen molar-refractivity contribution < 1.29 is 23.9 Å². The van der Waals surface area contributed by atoms with Crippen molar-refractivity contribution in [2.24, 2.45) is 0 Å². The van der Waals surface area contributed by atoms with Gasteiger partial charge in [0.1, 0.15) is 6.04 Å². The van der Waals surface area contributed by atoms with E-state index in [2.05, 4.69) is 5.32 Å². The lowest BCUT2D eigenvalue weighted by Crippen LogP contribution is -2.45. The molecule has 0 saturated carbocycles. The van der Waals surface area contributed by atoms with E-state index in [9.17, 15) is 19.2 Å². The van der Waals surface area contributed by atoms with Crippen LogP contribution >= 0.6 is 0 Å². The number of carbonyl (C=O) groups excluding carboxylic acids is 4. The van der Waals surface area contributed by atoms with Gasteiger partial charge in [0, 0.05) is 5.69 Å². The summed E-state index contributed by atoms with van der Waals surface area (Å²) in [6.45, 7) is 4.67. The van der Waals surface area contributed by atoms with E-state index in [0.29, 0.717) is 5.69 Å². The molecular weight excluding hydrogens is 360 g/mol. The van der Waals surface area contributed by atoms with Gasteiger partial charge in [-0.2, -0.15) is 0 Å². The van der Waals surface area contributed by atoms with Crippen LogP contribution in [0.25, 0.3) is 0 Å². The number of fused-ring (bicyclic) bond motifs is 1. The first kappa shape index (κ1) is 19.3. The summed E-state index contributed by atoms with van der Waals surface area (Å²) in [5.74, 6) is -2.44. The van der Waals surface area contributed by atoms with Gasteiger partial charge < -0.3 is 10.1 Å². The topological polar surface area (TPSA) is 92.8 Å². The van der Waals surface area contributed by atoms with Gasteiger partial charge in [-0.25, -0.2) is 4.79 Å². The van der Waals surface area contributed by atoms with Crippen molar-refractivity contribution in [3.05, 3.63) is 65.2 Å². The normalized spacial score (nSPS) is 15.0. The Bertz CT molecular complexity index is 934. The van der Waals surface area contributed by atoms with Crippen LogP contribution in [0.1, 0.15) is 40.1 Å². The summed E-state index contributed by atoms with van der Waals surface area (Å²) in [6, 6.07) is 12.4. The molecule has 1 aliphatic rings. The van der Waals surface area contributed by atoms with Crippen LogP contribution in [-0.2, 0) is 14.3 Å². The van der Waals surface area contributed by atoms with Crippen molar-refractivity contribution >= 4 is 29.4 Å². The Balaban J connectivity index is 1.66. The zero-order chi connectivity index (χ0) is 20.4. The van der Waals surface area contributed by atoms with E-state index in [0.717, 1.165) is 10.5 Å². The van der Waals surface area contributed by atoms with Gasteiger partial charge in [0.25, 0.3) is 17.7 Å². The summed E-state index contributed by atoms with van der Waals surface area (Å²) < 4.78 is 5.20. The molecule has 7 nitrogen and oxygen atoms in total. The van der Waals surface area contributed by atoms with Crippen molar-refractivity contribution in [1.82, 2.24) is 4.90 Å². The van der Waals surface area contributed by atoms with Crippen LogP contribution < -0.4 is 5.32 Å². The predicted molar refractivity (Wildman–Crippen MR) is 102 cm³/mol. The first-order valence-electron chi connectivity index (χ1n) is 8.85. The minimum Gasteiger partial charge on any atom is -0.451 e. The number of imide groups is 1. The number of para-hydroxylation sites is 1. The molecule has 2 atom stereocenters. The number of rotatable bonds is 5. The van der Waals surface area contributed by atoms with Crippen LogP contribution in [0.2, 0.25) is 0 Å². The lowest BCUT2D eigenvalue weighted by Gasteiger charge is -2.23. The summed E-state index contributed by atoms with van der Waals surface area (Å²) in [5.41, 5.74) is 1.98. The number of aryl methyl sites for hydroxylation is 1. The van der Waals surface area contributed by atoms with E-state index in [-0.39, 0.29) is 11.1 Å². The number of carbonyl (C=O) groups is 4. The molecule has 2 aromatic rings. The van der Waals surface area contributed by atoms with Crippen LogP contribution in [0.5, 0.6) is 0 Å². The molecule has 0 saturated heterocycles. The molecule has 0 fully saturated rings. The highest BCUT2D eigenvalue weighted by molar-refractivity contribution is 6.22. The molecule has 3 amide bonds. The number of nitrogens with one attached hydrogen (secondary N) is 1. The van der Waals surface area contributed by atoms with Gasteiger partial charge in [-0.1, -0.05) is 30.3 Å². The van der Waals surface area contributed by atoms with Gasteiger partial charge in [0.05, 0.1) is 11.1 Å². The predicted octanol–water partition coefficient (Wildman–Crippen LogP) is 2.55. The van der Waals surface area contributed by atoms with Crippen molar-refractivity contribution in [2.45, 2.75) is 32.9 Å². The summed E-state index contributed by atoms with van der Waals surface area (Å²) in [4.78, 5) is 50.6. The number of hydrogen-bond donors (Lipinski definition) is 1. The van der Waals surface area contributed by atoms with E-state index in [4.69, 9.17) is 4.74 Å². The van der Waals surface area contributed by atoms with Crippen molar-refractivity contribution in [1.29, 1.82) is 0 Å². The lowest BCUT2D eigenvalue weighted by atomic mass is 10.1. The fourth-order valence-corrected chi connectivity index (χ4v) is 2.94. The number of esters is 1. The van der Waals surface area contributed by atoms with Gasteiger partial charge in [-0.15, -0.1) is 0 Å². The highest BCUT2D eigenvalue weighted by Crippen LogP contribution is 2.25. The van der Waals surface area contributed by atoms with E-state index in [1.54, 1.807) is 24.3 Å². The molecule has 2 aromatic carbocycles. The Morgan fingerprint density at radius 2 is 1.46 bits per heavy atom. The zero-order valence-corrected chi connectivity index (χ0v) is 15.8. The van der Waals surface area contributed by atoms with Gasteiger partial charge >= 0.3 is 5.97 Å². The van der Waals surface area contributed by atoms with Gasteiger partial charge in [-0.3, -0.25) is 19.3 Å². The Hall–Kier alpha value is -3.48. The maximum Gasteiger partial charge on any atom is 0.329 e. The van der Waals surface area contributed by atoms with E-state index < -0.39 is 35.8 Å². The summed E-state index contributed by atoms with van der Waals surface area (Å²) in [7, 11) is 0. The number of benzene rings is 2. The molecule has 0 unspecified atom stereocenters. The monoisotopic (exact) mass is 380 g/mol. The smallest absolute Gasteiger partial charge is 0.329 e. The van der Waals surface area contributed by atoms with Crippen molar-refractivity contribution in [3.8, 4) is 0 Å². The maximum absolute atomic E-state index is 12.5. The number of anilines is 1. The zero-order valence-electron chi connectivity index (χ0n) is 15.8. The highest BCUT2D eigenvalue weighted by Gasteiger charge is 2.41. The average Bonchev–Trinajstić information content (AvgIpc) is 2.93. The van der Waals surface area contributed by atoms with Gasteiger partial charge in [-0.05, 0) is 44.5 Å². The third-order valence-corrected chi connectivity index (χ3v) is 4.62. The molecule has 0 spiro atoms. The molecule has 0 radical (unpaired) electrons. The van der Waals surface area contributed by atoms with Crippen LogP contribution in [0.4, 0.5) is 5.69 Å². The quantitative estimate of drug-likeness (QED) is 0.636. The summed E-state index contributed by atoms with van der Waals surface area (Å²) >= 11 is 0. The van der Waals surface area contributed by atoms with Crippen molar-refractivity contribution in [2.75, 3.05) is 5.32 Å². The van der Waals surface area contributed by atoms with E-state index in [1.165, 1.54) is 26.0 Å². The molecule has 7 heteroatoms. The van der Waals surface area contributed by atoms with E-state index in [1.807, 2.05) is 19.1 Å². The van der Waals surface area contributed by atoms with Crippen molar-refractivity contribution in [3.63, 3.8) is 0 Å². The largest absolute Gasteiger partial charge is 0.451 e. The Morgan fingerprint density at radius 1 is 0.929 bits per heavy atom. The minimum absolute atomic E-state index is 0.248. The maximum atomic E-state index is 12.5. The van der Waals surface area contributed by atoms with E-state index >= 15 is 0 Å². The molecule has 1 N–H and O–H groups in total. The Morgan fingerprint density at radius 3 is 2.04 bits per heavy atom. The van der Waals surface area contributed by atoms with Gasteiger partial charge in [0.2, 0.25) is 0 Å². The summed E-state index contributed by atoms with van der Waals surface area (Å²) in [6.07, 6.45) is -1.09. The fourth-order valence-electron chi connectivity index (χ4n) is 2.94. The fraction of sp³-hybridized carbons (Fsp3) is 0.238. The van der Waals surface area contributed by atoms with Crippen LogP contribution in [0.3, 0.4) is 0 Å². The molecule has 28 heavy (non-hydrogen) atoms. The number of amides is 3. The average molecular weight is 380 g/mol. The first-order valence-corrected chi connectivity index (χ1v) is 8.85. The molecular formula is C21H20N2O5. The van der Waals surface area contributed by atoms with Crippen LogP contribution in [0, 0.1) is 6.92 Å². The lowest BCUT2D eigenvalue weighted by molar-refractivity contribution is -0.156. The second-order valence-corrected chi connectivity index (χ2v) is 6.59. The minimum atomic E-state index is -1.15. The third kappa shape index (κ3) is 3.51. The van der Waals surface area contributed by atoms with Gasteiger partial charge in [0.15, 0.2) is 6.10 Å². The summed E-state index contributed by atoms with van der Waals surface area (Å²) in [5, 5.41) is 2.69. The molecule has 144 valence electrons. The Kier molecular flexibility index (Phi) is 5.26. The molecule has 1 heterocycles. The molecule has 0 aromatic heterocycles. The second-order valence-electron chi connectivity index (χ2n) is 6.59. The van der Waals surface area contributed by atoms with Crippen LogP contribution in [0.15, 0.2) is 48.5 Å². The number of hydrogen-bond acceptors (Lipinski definition) is 5. The highest BCUT2D eigenvalue weighted by atomic mass is 16.5. The molecule has 0 bridgehead atoms. The number of nitrogens with zero attached hydrogens (tertiary/aromatic N) is 1. The standard InChI is InChI=1S/C21H20N2O5/c1-12-8-4-7-11-17(12)22-18(24)14(3)28-21(27)13(2)23-19(25)15-9-5-6-10-16(15)20(23)26/h4-11,13-14H,1-3H3,(H,22,24)/t13-,14-/m0/s1. The molecule has 1 aliphatic heterocycles. The SMILES string of the molecule is Cc1ccccc1NC(=O)[C@H](C)OC(=O)[C@H](C)N1C(=O)c2ccccc2C1=O. The second kappa shape index (κ2) is 7.64. The molecule has 3 rings (SSSR count). The first-order chi connectivity index (χ1) is 13.3. The van der Waals surface area contributed by atoms with Crippen LogP contribution in [-0.4, -0.2) is 40.7 Å². The molecule has 0 aliphatic carbocycles. The third-order valence-electron chi connectivity index (χ3n) is 4.62. The Labute approximate surface area is 162 Å².